The van der Waals surface area contributed by atoms with Gasteiger partial charge in [0.15, 0.2) is 0 Å². The Morgan fingerprint density at radius 1 is 1.25 bits per heavy atom. The van der Waals surface area contributed by atoms with Gasteiger partial charge in [0.05, 0.1) is 11.8 Å². The van der Waals surface area contributed by atoms with Crippen molar-refractivity contribution in [3.63, 3.8) is 0 Å². The number of rotatable bonds is 8. The third-order valence-electron chi connectivity index (χ3n) is 3.68. The summed E-state index contributed by atoms with van der Waals surface area (Å²) in [5, 5.41) is 10.6. The van der Waals surface area contributed by atoms with Gasteiger partial charge in [0.25, 0.3) is 0 Å². The zero-order chi connectivity index (χ0) is 17.5. The molecule has 0 saturated carbocycles. The minimum atomic E-state index is -0.0124. The number of benzene rings is 1. The van der Waals surface area contributed by atoms with Crippen LogP contribution in [0.1, 0.15) is 50.7 Å². The van der Waals surface area contributed by atoms with E-state index in [9.17, 15) is 4.79 Å². The molecule has 0 aliphatic rings. The fourth-order valence-corrected chi connectivity index (χ4v) is 3.04. The fourth-order valence-electron chi connectivity index (χ4n) is 2.41. The molecule has 0 aliphatic heterocycles. The van der Waals surface area contributed by atoms with Gasteiger partial charge in [-0.15, -0.1) is 5.10 Å². The Bertz CT molecular complexity index is 651. The summed E-state index contributed by atoms with van der Waals surface area (Å²) in [6, 6.07) is 8.47. The van der Waals surface area contributed by atoms with E-state index in [4.69, 9.17) is 0 Å². The molecule has 0 spiro atoms. The Balaban J connectivity index is 1.82. The molecule has 6 heteroatoms. The van der Waals surface area contributed by atoms with Crippen LogP contribution in [0.25, 0.3) is 0 Å². The van der Waals surface area contributed by atoms with Crippen molar-refractivity contribution in [2.75, 3.05) is 5.75 Å². The molecule has 2 aromatic rings. The van der Waals surface area contributed by atoms with Crippen LogP contribution in [0, 0.1) is 5.92 Å². The molecule has 1 heterocycles. The summed E-state index contributed by atoms with van der Waals surface area (Å²) in [6.45, 7) is 8.44. The second kappa shape index (κ2) is 8.87. The minimum Gasteiger partial charge on any atom is -0.349 e. The molecule has 2 rings (SSSR count). The standard InChI is InChI=1S/C18H26N4OS/c1-5-16-20-18(22-21-16)24-11-17(23)19-13(4)15-8-6-14(7-9-15)10-12(2)3/h6-9,12-13H,5,10-11H2,1-4H3,(H,19,23)(H,20,21,22). The molecule has 5 nitrogen and oxygen atoms in total. The maximum Gasteiger partial charge on any atom is 0.230 e. The number of aromatic nitrogens is 3. The lowest BCUT2D eigenvalue weighted by atomic mass is 10.00. The van der Waals surface area contributed by atoms with Crippen LogP contribution in [0.15, 0.2) is 29.4 Å². The number of carbonyl (C=O) groups is 1. The van der Waals surface area contributed by atoms with Gasteiger partial charge in [-0.1, -0.05) is 56.8 Å². The molecule has 24 heavy (non-hydrogen) atoms. The first-order chi connectivity index (χ1) is 11.5. The van der Waals surface area contributed by atoms with E-state index >= 15 is 0 Å². The molecule has 1 aromatic heterocycles. The van der Waals surface area contributed by atoms with Crippen LogP contribution >= 0.6 is 11.8 Å². The van der Waals surface area contributed by atoms with E-state index in [1.54, 1.807) is 0 Å². The molecule has 130 valence electrons. The van der Waals surface area contributed by atoms with Crippen molar-refractivity contribution in [3.05, 3.63) is 41.2 Å². The van der Waals surface area contributed by atoms with Gasteiger partial charge in [0, 0.05) is 6.42 Å². The summed E-state index contributed by atoms with van der Waals surface area (Å²) in [6.07, 6.45) is 1.89. The molecule has 2 N–H and O–H groups in total. The average Bonchev–Trinajstić information content (AvgIpc) is 3.01. The van der Waals surface area contributed by atoms with Crippen LogP contribution in [0.3, 0.4) is 0 Å². The van der Waals surface area contributed by atoms with E-state index in [1.807, 2.05) is 13.8 Å². The largest absolute Gasteiger partial charge is 0.349 e. The molecule has 0 aliphatic carbocycles. The van der Waals surface area contributed by atoms with Crippen LogP contribution in [0.2, 0.25) is 0 Å². The lowest BCUT2D eigenvalue weighted by Crippen LogP contribution is -2.28. The minimum absolute atomic E-state index is 0.00968. The van der Waals surface area contributed by atoms with Crippen LogP contribution in [-0.4, -0.2) is 26.8 Å². The zero-order valence-electron chi connectivity index (χ0n) is 14.8. The molecular weight excluding hydrogens is 320 g/mol. The summed E-state index contributed by atoms with van der Waals surface area (Å²) < 4.78 is 0. The Morgan fingerprint density at radius 3 is 2.54 bits per heavy atom. The first kappa shape index (κ1) is 18.5. The van der Waals surface area contributed by atoms with E-state index in [1.165, 1.54) is 17.3 Å². The lowest BCUT2D eigenvalue weighted by Gasteiger charge is -2.15. The summed E-state index contributed by atoms with van der Waals surface area (Å²) in [5.74, 6) is 1.79. The quantitative estimate of drug-likeness (QED) is 0.717. The summed E-state index contributed by atoms with van der Waals surface area (Å²) in [5.41, 5.74) is 2.45. The predicted molar refractivity (Wildman–Crippen MR) is 98.0 cm³/mol. The number of nitrogens with one attached hydrogen (secondary N) is 2. The van der Waals surface area contributed by atoms with Gasteiger partial charge in [-0.2, -0.15) is 0 Å². The smallest absolute Gasteiger partial charge is 0.230 e. The predicted octanol–water partition coefficient (Wildman–Crippen LogP) is 3.54. The third kappa shape index (κ3) is 5.67. The molecule has 1 atom stereocenters. The first-order valence-electron chi connectivity index (χ1n) is 8.40. The van der Waals surface area contributed by atoms with E-state index in [-0.39, 0.29) is 11.9 Å². The Labute approximate surface area is 148 Å². The Kier molecular flexibility index (Phi) is 6.85. The van der Waals surface area contributed by atoms with Crippen LogP contribution in [-0.2, 0) is 17.6 Å². The number of nitrogens with zero attached hydrogens (tertiary/aromatic N) is 2. The monoisotopic (exact) mass is 346 g/mol. The number of hydrogen-bond acceptors (Lipinski definition) is 4. The van der Waals surface area contributed by atoms with Crippen molar-refractivity contribution >= 4 is 17.7 Å². The van der Waals surface area contributed by atoms with Gasteiger partial charge in [0.2, 0.25) is 11.1 Å². The number of H-pyrrole nitrogens is 1. The molecule has 1 amide bonds. The maximum absolute atomic E-state index is 12.1. The molecular formula is C18H26N4OS. The average molecular weight is 347 g/mol. The molecule has 0 saturated heterocycles. The molecule has 0 fully saturated rings. The number of amides is 1. The second-order valence-electron chi connectivity index (χ2n) is 6.34. The zero-order valence-corrected chi connectivity index (χ0v) is 15.6. The molecule has 1 aromatic carbocycles. The van der Waals surface area contributed by atoms with Gasteiger partial charge < -0.3 is 5.32 Å². The number of hydrogen-bond donors (Lipinski definition) is 2. The highest BCUT2D eigenvalue weighted by Gasteiger charge is 2.11. The third-order valence-corrected chi connectivity index (χ3v) is 4.53. The first-order valence-corrected chi connectivity index (χ1v) is 9.38. The Hall–Kier alpha value is -1.82. The highest BCUT2D eigenvalue weighted by Crippen LogP contribution is 2.17. The Morgan fingerprint density at radius 2 is 1.96 bits per heavy atom. The van der Waals surface area contributed by atoms with Crippen molar-refractivity contribution in [3.8, 4) is 0 Å². The van der Waals surface area contributed by atoms with E-state index < -0.39 is 0 Å². The van der Waals surface area contributed by atoms with Crippen molar-refractivity contribution in [1.82, 2.24) is 20.5 Å². The van der Waals surface area contributed by atoms with Crippen LogP contribution in [0.4, 0.5) is 0 Å². The van der Waals surface area contributed by atoms with Gasteiger partial charge in [-0.3, -0.25) is 9.89 Å². The highest BCUT2D eigenvalue weighted by molar-refractivity contribution is 7.99. The van der Waals surface area contributed by atoms with Crippen molar-refractivity contribution in [2.24, 2.45) is 5.92 Å². The lowest BCUT2D eigenvalue weighted by molar-refractivity contribution is -0.119. The van der Waals surface area contributed by atoms with Crippen LogP contribution < -0.4 is 5.32 Å². The van der Waals surface area contributed by atoms with Gasteiger partial charge in [0.1, 0.15) is 5.82 Å². The summed E-state index contributed by atoms with van der Waals surface area (Å²) >= 11 is 1.35. The van der Waals surface area contributed by atoms with Crippen molar-refractivity contribution < 1.29 is 4.79 Å². The van der Waals surface area contributed by atoms with E-state index in [2.05, 4.69) is 58.6 Å². The van der Waals surface area contributed by atoms with Gasteiger partial charge in [-0.25, -0.2) is 4.98 Å². The molecule has 0 radical (unpaired) electrons. The van der Waals surface area contributed by atoms with E-state index in [0.717, 1.165) is 24.2 Å². The van der Waals surface area contributed by atoms with Crippen molar-refractivity contribution in [2.45, 2.75) is 51.7 Å². The van der Waals surface area contributed by atoms with Crippen LogP contribution in [0.5, 0.6) is 0 Å². The topological polar surface area (TPSA) is 70.7 Å². The van der Waals surface area contributed by atoms with Crippen molar-refractivity contribution in [1.29, 1.82) is 0 Å². The number of aromatic amines is 1. The van der Waals surface area contributed by atoms with E-state index in [0.29, 0.717) is 16.8 Å². The SMILES string of the molecule is CCc1nc(SCC(=O)NC(C)c2ccc(CC(C)C)cc2)n[nH]1. The van der Waals surface area contributed by atoms with Gasteiger partial charge >= 0.3 is 0 Å². The number of carbonyl (C=O) groups excluding carboxylic acids is 1. The normalized spacial score (nSPS) is 12.4. The number of thioether (sulfide) groups is 1. The summed E-state index contributed by atoms with van der Waals surface area (Å²) in [7, 11) is 0. The highest BCUT2D eigenvalue weighted by atomic mass is 32.2. The fraction of sp³-hybridized carbons (Fsp3) is 0.500. The second-order valence-corrected chi connectivity index (χ2v) is 7.28. The van der Waals surface area contributed by atoms with Gasteiger partial charge in [-0.05, 0) is 30.4 Å². The maximum atomic E-state index is 12.1. The number of aryl methyl sites for hydroxylation is 1. The summed E-state index contributed by atoms with van der Waals surface area (Å²) in [4.78, 5) is 16.4. The molecule has 1 unspecified atom stereocenters. The molecule has 0 bridgehead atoms.